The van der Waals surface area contributed by atoms with Crippen molar-refractivity contribution in [3.05, 3.63) is 17.0 Å². The number of sulfonamides is 1. The highest BCUT2D eigenvalue weighted by molar-refractivity contribution is 7.91. The van der Waals surface area contributed by atoms with Gasteiger partial charge >= 0.3 is 0 Å². The maximum atomic E-state index is 12.8. The number of carbonyl (C=O) groups is 1. The highest BCUT2D eigenvalue weighted by Crippen LogP contribution is 2.30. The predicted octanol–water partition coefficient (Wildman–Crippen LogP) is 1.99. The van der Waals surface area contributed by atoms with E-state index in [-0.39, 0.29) is 16.2 Å². The number of rotatable bonds is 5. The molecule has 8 heteroatoms. The summed E-state index contributed by atoms with van der Waals surface area (Å²) in [6.45, 7) is 4.81. The molecule has 1 unspecified atom stereocenters. The number of thiophene rings is 1. The van der Waals surface area contributed by atoms with Crippen LogP contribution >= 0.6 is 11.3 Å². The van der Waals surface area contributed by atoms with Crippen LogP contribution in [0.3, 0.4) is 0 Å². The van der Waals surface area contributed by atoms with Gasteiger partial charge in [-0.05, 0) is 50.8 Å². The van der Waals surface area contributed by atoms with Crippen molar-refractivity contribution in [2.75, 3.05) is 33.2 Å². The van der Waals surface area contributed by atoms with Crippen molar-refractivity contribution in [3.8, 4) is 0 Å². The third kappa shape index (κ3) is 3.92. The van der Waals surface area contributed by atoms with Crippen LogP contribution in [0.2, 0.25) is 0 Å². The predicted molar refractivity (Wildman–Crippen MR) is 99.5 cm³/mol. The van der Waals surface area contributed by atoms with E-state index in [1.165, 1.54) is 0 Å². The molecule has 2 fully saturated rings. The van der Waals surface area contributed by atoms with Gasteiger partial charge in [0.25, 0.3) is 15.9 Å². The Morgan fingerprint density at radius 1 is 1.24 bits per heavy atom. The molecule has 2 saturated heterocycles. The first-order valence-electron chi connectivity index (χ1n) is 8.99. The molecule has 2 aliphatic rings. The number of amides is 1. The lowest BCUT2D eigenvalue weighted by Crippen LogP contribution is -2.40. The van der Waals surface area contributed by atoms with E-state index in [4.69, 9.17) is 0 Å². The largest absolute Gasteiger partial charge is 0.334 e. The number of carbonyl (C=O) groups excluding carboxylic acids is 1. The first kappa shape index (κ1) is 18.8. The minimum Gasteiger partial charge on any atom is -0.334 e. The Morgan fingerprint density at radius 2 is 1.96 bits per heavy atom. The number of nitrogens with zero attached hydrogens (tertiary/aromatic N) is 2. The minimum absolute atomic E-state index is 0.0449. The van der Waals surface area contributed by atoms with Gasteiger partial charge in [-0.2, -0.15) is 4.31 Å². The lowest BCUT2D eigenvalue weighted by atomic mass is 10.0. The quantitative estimate of drug-likeness (QED) is 0.842. The molecule has 140 valence electrons. The fraction of sp³-hybridized carbons (Fsp3) is 0.706. The lowest BCUT2D eigenvalue weighted by Gasteiger charge is -2.28. The molecule has 1 aromatic rings. The molecule has 1 atom stereocenters. The minimum atomic E-state index is -3.48. The van der Waals surface area contributed by atoms with Crippen LogP contribution in [0.5, 0.6) is 0 Å². The second-order valence-electron chi connectivity index (χ2n) is 7.06. The summed E-state index contributed by atoms with van der Waals surface area (Å²) in [5.74, 6) is 0.530. The topological polar surface area (TPSA) is 69.7 Å². The van der Waals surface area contributed by atoms with E-state index in [9.17, 15) is 13.2 Å². The molecule has 25 heavy (non-hydrogen) atoms. The molecule has 1 amide bonds. The molecule has 0 aliphatic carbocycles. The summed E-state index contributed by atoms with van der Waals surface area (Å²) in [6.07, 6.45) is 3.79. The Hall–Kier alpha value is -0.960. The van der Waals surface area contributed by atoms with E-state index in [0.717, 1.165) is 50.1 Å². The van der Waals surface area contributed by atoms with Gasteiger partial charge in [-0.25, -0.2) is 8.42 Å². The average molecular weight is 386 g/mol. The molecule has 1 N–H and O–H groups in total. The van der Waals surface area contributed by atoms with Gasteiger partial charge in [-0.3, -0.25) is 4.79 Å². The molecule has 6 nitrogen and oxygen atoms in total. The summed E-state index contributed by atoms with van der Waals surface area (Å²) in [6, 6.07) is 3.46. The Kier molecular flexibility index (Phi) is 5.82. The van der Waals surface area contributed by atoms with Gasteiger partial charge in [-0.15, -0.1) is 11.3 Å². The van der Waals surface area contributed by atoms with Crippen LogP contribution in [0, 0.1) is 5.92 Å². The van der Waals surface area contributed by atoms with Gasteiger partial charge in [0.05, 0.1) is 4.88 Å². The fourth-order valence-electron chi connectivity index (χ4n) is 3.62. The molecular weight excluding hydrogens is 358 g/mol. The van der Waals surface area contributed by atoms with Gasteiger partial charge in [-0.1, -0.05) is 6.92 Å². The van der Waals surface area contributed by atoms with Crippen LogP contribution < -0.4 is 5.32 Å². The van der Waals surface area contributed by atoms with E-state index in [1.807, 2.05) is 11.9 Å². The average Bonchev–Trinajstić information content (AvgIpc) is 3.25. The summed E-state index contributed by atoms with van der Waals surface area (Å²) in [7, 11) is -1.59. The monoisotopic (exact) mass is 385 g/mol. The van der Waals surface area contributed by atoms with Crippen LogP contribution in [0.15, 0.2) is 16.3 Å². The number of likely N-dealkylation sites (tertiary alicyclic amines) is 1. The maximum Gasteiger partial charge on any atom is 0.264 e. The zero-order valence-electron chi connectivity index (χ0n) is 14.9. The molecule has 0 spiro atoms. The van der Waals surface area contributed by atoms with Crippen molar-refractivity contribution < 1.29 is 13.2 Å². The summed E-state index contributed by atoms with van der Waals surface area (Å²) >= 11 is 1.11. The first-order chi connectivity index (χ1) is 11.9. The molecule has 0 saturated carbocycles. The normalized spacial score (nSPS) is 23.3. The Bertz CT molecular complexity index is 708. The molecule has 3 heterocycles. The second-order valence-corrected chi connectivity index (χ2v) is 10.3. The fourth-order valence-corrected chi connectivity index (χ4v) is 6.50. The van der Waals surface area contributed by atoms with Crippen LogP contribution in [0.1, 0.15) is 42.3 Å². The molecule has 0 bridgehead atoms. The SMILES string of the molecule is CNCC1CCCN1C(=O)c1ccc(S(=O)(=O)N2CCC(C)CC2)s1. The summed E-state index contributed by atoms with van der Waals surface area (Å²) in [5.41, 5.74) is 0. The molecular formula is C17H27N3O3S2. The third-order valence-corrected chi connectivity index (χ3v) is 8.65. The van der Waals surface area contributed by atoms with Gasteiger partial charge in [0.15, 0.2) is 0 Å². The highest BCUT2D eigenvalue weighted by Gasteiger charge is 2.33. The van der Waals surface area contributed by atoms with Crippen molar-refractivity contribution in [2.45, 2.75) is 42.9 Å². The maximum absolute atomic E-state index is 12.8. The number of hydrogen-bond donors (Lipinski definition) is 1. The van der Waals surface area contributed by atoms with Gasteiger partial charge in [0, 0.05) is 32.2 Å². The Morgan fingerprint density at radius 3 is 2.64 bits per heavy atom. The van der Waals surface area contributed by atoms with Crippen LogP contribution in [-0.4, -0.2) is 62.8 Å². The van der Waals surface area contributed by atoms with E-state index in [0.29, 0.717) is 23.9 Å². The Balaban J connectivity index is 1.74. The first-order valence-corrected chi connectivity index (χ1v) is 11.2. The number of piperidine rings is 1. The van der Waals surface area contributed by atoms with Crippen LogP contribution in [0.4, 0.5) is 0 Å². The number of nitrogens with one attached hydrogen (secondary N) is 1. The van der Waals surface area contributed by atoms with E-state index < -0.39 is 10.0 Å². The van der Waals surface area contributed by atoms with Gasteiger partial charge in [0.2, 0.25) is 0 Å². The lowest BCUT2D eigenvalue weighted by molar-refractivity contribution is 0.0742. The molecule has 0 aromatic carbocycles. The zero-order valence-corrected chi connectivity index (χ0v) is 16.5. The zero-order chi connectivity index (χ0) is 18.0. The molecule has 0 radical (unpaired) electrons. The van der Waals surface area contributed by atoms with Crippen LogP contribution in [-0.2, 0) is 10.0 Å². The Labute approximate surface area is 154 Å². The van der Waals surface area contributed by atoms with E-state index in [1.54, 1.807) is 16.4 Å². The summed E-state index contributed by atoms with van der Waals surface area (Å²) in [5, 5.41) is 3.13. The van der Waals surface area contributed by atoms with Crippen molar-refractivity contribution in [3.63, 3.8) is 0 Å². The van der Waals surface area contributed by atoms with Gasteiger partial charge in [0.1, 0.15) is 4.21 Å². The molecule has 2 aliphatic heterocycles. The van der Waals surface area contributed by atoms with E-state index >= 15 is 0 Å². The third-order valence-electron chi connectivity index (χ3n) is 5.21. The molecule has 3 rings (SSSR count). The summed E-state index contributed by atoms with van der Waals surface area (Å²) < 4.78 is 27.5. The van der Waals surface area contributed by atoms with Crippen molar-refractivity contribution in [1.29, 1.82) is 0 Å². The smallest absolute Gasteiger partial charge is 0.264 e. The van der Waals surface area contributed by atoms with Gasteiger partial charge < -0.3 is 10.2 Å². The number of hydrogen-bond acceptors (Lipinski definition) is 5. The van der Waals surface area contributed by atoms with Crippen molar-refractivity contribution in [1.82, 2.24) is 14.5 Å². The second kappa shape index (κ2) is 7.73. The summed E-state index contributed by atoms with van der Waals surface area (Å²) in [4.78, 5) is 15.2. The highest BCUT2D eigenvalue weighted by atomic mass is 32.2. The number of likely N-dealkylation sites (N-methyl/N-ethyl adjacent to an activating group) is 1. The standard InChI is InChI=1S/C17H27N3O3S2/c1-13-7-10-19(11-8-13)25(22,23)16-6-5-15(24-16)17(21)20-9-3-4-14(20)12-18-2/h5-6,13-14,18H,3-4,7-12H2,1-2H3. The van der Waals surface area contributed by atoms with E-state index in [2.05, 4.69) is 12.2 Å². The van der Waals surface area contributed by atoms with Crippen molar-refractivity contribution in [2.24, 2.45) is 5.92 Å². The molecule has 1 aromatic heterocycles. The van der Waals surface area contributed by atoms with Crippen LogP contribution in [0.25, 0.3) is 0 Å². The van der Waals surface area contributed by atoms with Crippen molar-refractivity contribution >= 4 is 27.3 Å².